The molecular weight excluding hydrogens is 512 g/mol. The Morgan fingerprint density at radius 1 is 0.947 bits per heavy atom. The first-order valence-electron chi connectivity index (χ1n) is 11.1. The van der Waals surface area contributed by atoms with E-state index in [0.29, 0.717) is 0 Å². The summed E-state index contributed by atoms with van der Waals surface area (Å²) in [5, 5.41) is 71.0. The molecule has 0 amide bonds. The number of carbonyl (C=O) groups excluding carboxylic acids is 1. The lowest BCUT2D eigenvalue weighted by Gasteiger charge is -2.39. The van der Waals surface area contributed by atoms with Crippen molar-refractivity contribution in [1.82, 2.24) is 0 Å². The van der Waals surface area contributed by atoms with Crippen molar-refractivity contribution in [2.45, 2.75) is 37.6 Å². The molecular formula is C24H24O14. The van der Waals surface area contributed by atoms with E-state index in [-0.39, 0.29) is 11.1 Å². The van der Waals surface area contributed by atoms with Crippen LogP contribution in [-0.2, 0) is 14.3 Å². The molecule has 0 radical (unpaired) electrons. The zero-order chi connectivity index (χ0) is 27.9. The van der Waals surface area contributed by atoms with Gasteiger partial charge in [0.15, 0.2) is 28.8 Å². The second kappa shape index (κ2) is 10.3. The van der Waals surface area contributed by atoms with E-state index in [2.05, 4.69) is 0 Å². The van der Waals surface area contributed by atoms with Gasteiger partial charge in [-0.25, -0.2) is 0 Å². The molecule has 0 bridgehead atoms. The van der Waals surface area contributed by atoms with Crippen LogP contribution >= 0.6 is 0 Å². The molecule has 1 fully saturated rings. The van der Waals surface area contributed by atoms with Gasteiger partial charge in [-0.05, 0) is 18.2 Å². The standard InChI is InChI=1S/C24H24O14/c1-8(25)35-7-14-16(29)19(32)20(33)24(37-14)38-23-18(31)15-13(6-12(28)22(34-2)17(15)30)36-21(23)9-3-4-10(26)11(27)5-9/h3-6,14,16,19-20,24,26-30,32-33H,7H2,1-2H3. The van der Waals surface area contributed by atoms with Crippen LogP contribution in [0, 0.1) is 0 Å². The van der Waals surface area contributed by atoms with E-state index in [1.807, 2.05) is 0 Å². The summed E-state index contributed by atoms with van der Waals surface area (Å²) in [4.78, 5) is 24.8. The molecule has 38 heavy (non-hydrogen) atoms. The van der Waals surface area contributed by atoms with Gasteiger partial charge in [0.05, 0.1) is 7.11 Å². The second-order valence-corrected chi connectivity index (χ2v) is 8.38. The van der Waals surface area contributed by atoms with E-state index < -0.39 is 94.4 Å². The maximum atomic E-state index is 13.6. The molecule has 7 N–H and O–H groups in total. The van der Waals surface area contributed by atoms with E-state index in [1.165, 1.54) is 6.07 Å². The Bertz CT molecular complexity index is 1430. The van der Waals surface area contributed by atoms with E-state index >= 15 is 0 Å². The van der Waals surface area contributed by atoms with Crippen molar-refractivity contribution >= 4 is 16.9 Å². The normalized spacial score (nSPS) is 23.2. The number of aliphatic hydroxyl groups is 3. The molecule has 14 nitrogen and oxygen atoms in total. The van der Waals surface area contributed by atoms with Crippen LogP contribution in [0.5, 0.6) is 34.5 Å². The van der Waals surface area contributed by atoms with Gasteiger partial charge in [-0.15, -0.1) is 0 Å². The number of benzene rings is 2. The number of hydrogen-bond donors (Lipinski definition) is 7. The molecule has 1 aliphatic rings. The van der Waals surface area contributed by atoms with Crippen molar-refractivity contribution in [3.8, 4) is 45.8 Å². The third kappa shape index (κ3) is 4.72. The first kappa shape index (κ1) is 26.8. The zero-order valence-electron chi connectivity index (χ0n) is 19.9. The van der Waals surface area contributed by atoms with Gasteiger partial charge in [-0.3, -0.25) is 9.59 Å². The van der Waals surface area contributed by atoms with Crippen LogP contribution < -0.4 is 14.9 Å². The molecule has 0 saturated carbocycles. The van der Waals surface area contributed by atoms with Gasteiger partial charge in [0.2, 0.25) is 23.2 Å². The lowest BCUT2D eigenvalue weighted by Crippen LogP contribution is -2.60. The van der Waals surface area contributed by atoms with Crippen LogP contribution in [0.2, 0.25) is 0 Å². The Kier molecular flexibility index (Phi) is 7.24. The molecule has 2 aromatic carbocycles. The predicted molar refractivity (Wildman–Crippen MR) is 125 cm³/mol. The maximum absolute atomic E-state index is 13.6. The topological polar surface area (TPSA) is 226 Å². The van der Waals surface area contributed by atoms with Crippen LogP contribution in [-0.4, -0.2) is 86.1 Å². The molecule has 2 heterocycles. The number of methoxy groups -OCH3 is 1. The summed E-state index contributed by atoms with van der Waals surface area (Å²) >= 11 is 0. The smallest absolute Gasteiger partial charge is 0.302 e. The lowest BCUT2D eigenvalue weighted by molar-refractivity contribution is -0.278. The monoisotopic (exact) mass is 536 g/mol. The zero-order valence-corrected chi connectivity index (χ0v) is 19.9. The summed E-state index contributed by atoms with van der Waals surface area (Å²) in [5.41, 5.74) is -1.39. The highest BCUT2D eigenvalue weighted by Gasteiger charge is 2.46. The fraction of sp³-hybridized carbons (Fsp3) is 0.333. The second-order valence-electron chi connectivity index (χ2n) is 8.38. The molecule has 5 atom stereocenters. The Balaban J connectivity index is 1.88. The van der Waals surface area contributed by atoms with Crippen molar-refractivity contribution in [2.75, 3.05) is 13.7 Å². The van der Waals surface area contributed by atoms with Gasteiger partial charge in [0, 0.05) is 18.6 Å². The maximum Gasteiger partial charge on any atom is 0.302 e. The quantitative estimate of drug-likeness (QED) is 0.163. The van der Waals surface area contributed by atoms with Gasteiger partial charge in [0.1, 0.15) is 42.0 Å². The molecule has 0 aliphatic carbocycles. The number of phenolic OH excluding ortho intramolecular Hbond substituents is 4. The molecule has 3 aromatic rings. The Hall–Kier alpha value is -4.24. The summed E-state index contributed by atoms with van der Waals surface area (Å²) in [5.74, 6) is -4.68. The number of carbonyl (C=O) groups is 1. The van der Waals surface area contributed by atoms with Crippen LogP contribution in [0.25, 0.3) is 22.3 Å². The molecule has 1 aromatic heterocycles. The van der Waals surface area contributed by atoms with Crippen molar-refractivity contribution in [3.05, 3.63) is 34.5 Å². The number of esters is 1. The van der Waals surface area contributed by atoms with Gasteiger partial charge in [-0.2, -0.15) is 0 Å². The number of ether oxygens (including phenoxy) is 4. The number of hydrogen-bond acceptors (Lipinski definition) is 14. The molecule has 1 aliphatic heterocycles. The minimum absolute atomic E-state index is 0.0218. The summed E-state index contributed by atoms with van der Waals surface area (Å²) in [6, 6.07) is 4.35. The highest BCUT2D eigenvalue weighted by molar-refractivity contribution is 5.91. The molecule has 4 rings (SSSR count). The highest BCUT2D eigenvalue weighted by atomic mass is 16.7. The van der Waals surface area contributed by atoms with Gasteiger partial charge in [0.25, 0.3) is 0 Å². The van der Waals surface area contributed by atoms with Crippen molar-refractivity contribution in [2.24, 2.45) is 0 Å². The number of rotatable bonds is 6. The van der Waals surface area contributed by atoms with Crippen LogP contribution in [0.15, 0.2) is 33.5 Å². The van der Waals surface area contributed by atoms with Crippen molar-refractivity contribution in [1.29, 1.82) is 0 Å². The first-order valence-corrected chi connectivity index (χ1v) is 11.1. The molecule has 5 unspecified atom stereocenters. The summed E-state index contributed by atoms with van der Waals surface area (Å²) < 4.78 is 26.6. The van der Waals surface area contributed by atoms with Gasteiger partial charge in [-0.1, -0.05) is 0 Å². The Morgan fingerprint density at radius 2 is 1.66 bits per heavy atom. The first-order chi connectivity index (χ1) is 17.9. The number of phenols is 4. The van der Waals surface area contributed by atoms with Crippen molar-refractivity contribution in [3.63, 3.8) is 0 Å². The fourth-order valence-electron chi connectivity index (χ4n) is 3.92. The lowest BCUT2D eigenvalue weighted by atomic mass is 9.99. The van der Waals surface area contributed by atoms with Gasteiger partial charge < -0.3 is 59.1 Å². The largest absolute Gasteiger partial charge is 0.504 e. The molecule has 204 valence electrons. The van der Waals surface area contributed by atoms with Crippen LogP contribution in [0.4, 0.5) is 0 Å². The molecule has 14 heteroatoms. The summed E-state index contributed by atoms with van der Waals surface area (Å²) in [6.45, 7) is 0.578. The van der Waals surface area contributed by atoms with Crippen LogP contribution in [0.1, 0.15) is 6.92 Å². The number of fused-ring (bicyclic) bond motifs is 1. The molecule has 0 spiro atoms. The highest BCUT2D eigenvalue weighted by Crippen LogP contribution is 2.44. The average Bonchev–Trinajstić information content (AvgIpc) is 2.86. The fourth-order valence-corrected chi connectivity index (χ4v) is 3.92. The summed E-state index contributed by atoms with van der Waals surface area (Å²) in [6.07, 6.45) is -8.67. The third-order valence-electron chi connectivity index (χ3n) is 5.85. The third-order valence-corrected chi connectivity index (χ3v) is 5.85. The van der Waals surface area contributed by atoms with Crippen LogP contribution in [0.3, 0.4) is 0 Å². The van der Waals surface area contributed by atoms with E-state index in [0.717, 1.165) is 32.2 Å². The predicted octanol–water partition coefficient (Wildman–Crippen LogP) is 0.0405. The van der Waals surface area contributed by atoms with E-state index in [4.69, 9.17) is 23.4 Å². The Labute approximate surface area is 213 Å². The summed E-state index contributed by atoms with van der Waals surface area (Å²) in [7, 11) is 1.13. The SMILES string of the molecule is COc1c(O)cc2oc(-c3ccc(O)c(O)c3)c(OC3OC(COC(C)=O)C(O)C(O)C3O)c(=O)c2c1O. The number of aromatic hydroxyl groups is 4. The minimum atomic E-state index is -1.92. The Morgan fingerprint density at radius 3 is 2.29 bits per heavy atom. The molecule has 1 saturated heterocycles. The van der Waals surface area contributed by atoms with Gasteiger partial charge >= 0.3 is 5.97 Å². The van der Waals surface area contributed by atoms with E-state index in [1.54, 1.807) is 0 Å². The number of aliphatic hydroxyl groups excluding tert-OH is 3. The minimum Gasteiger partial charge on any atom is -0.504 e. The van der Waals surface area contributed by atoms with E-state index in [9.17, 15) is 45.3 Å². The van der Waals surface area contributed by atoms with Crippen molar-refractivity contribution < 1.29 is 63.9 Å². The average molecular weight is 536 g/mol.